The highest BCUT2D eigenvalue weighted by atomic mass is 16.5. The highest BCUT2D eigenvalue weighted by Gasteiger charge is 2.39. The molecule has 5 nitrogen and oxygen atoms in total. The first-order valence-corrected chi connectivity index (χ1v) is 16.2. The third kappa shape index (κ3) is 4.39. The lowest BCUT2D eigenvalue weighted by molar-refractivity contribution is 0.483. The van der Waals surface area contributed by atoms with Crippen LogP contribution in [0.15, 0.2) is 158 Å². The lowest BCUT2D eigenvalue weighted by Gasteiger charge is -2.41. The van der Waals surface area contributed by atoms with Gasteiger partial charge >= 0.3 is 0 Å². The van der Waals surface area contributed by atoms with Crippen LogP contribution < -0.4 is 9.64 Å². The highest BCUT2D eigenvalue weighted by molar-refractivity contribution is 6.18. The van der Waals surface area contributed by atoms with E-state index in [1.165, 1.54) is 27.4 Å². The van der Waals surface area contributed by atoms with Crippen molar-refractivity contribution in [1.29, 1.82) is 0 Å². The molecule has 0 fully saturated rings. The summed E-state index contributed by atoms with van der Waals surface area (Å²) < 4.78 is 8.90. The summed E-state index contributed by atoms with van der Waals surface area (Å²) in [6, 6.07) is 50.5. The van der Waals surface area contributed by atoms with Crippen LogP contribution in [0.25, 0.3) is 38.8 Å². The maximum Gasteiger partial charge on any atom is 0.141 e. The Balaban J connectivity index is 1.26. The maximum atomic E-state index is 6.53. The second-order valence-electron chi connectivity index (χ2n) is 12.7. The molecule has 3 aromatic heterocycles. The molecule has 1 aliphatic rings. The van der Waals surface area contributed by atoms with E-state index in [9.17, 15) is 0 Å². The van der Waals surface area contributed by atoms with Crippen LogP contribution in [-0.4, -0.2) is 14.5 Å². The molecule has 1 aliphatic heterocycles. The first-order valence-electron chi connectivity index (χ1n) is 16.2. The number of benzene rings is 5. The van der Waals surface area contributed by atoms with Crippen LogP contribution in [0.2, 0.25) is 0 Å². The molecule has 0 atom stereocenters. The molecule has 0 saturated heterocycles. The minimum absolute atomic E-state index is 0.278. The summed E-state index contributed by atoms with van der Waals surface area (Å²) in [6.07, 6.45) is 3.70. The van der Waals surface area contributed by atoms with Gasteiger partial charge in [0, 0.05) is 51.5 Å². The molecule has 4 heterocycles. The molecule has 0 unspecified atom stereocenters. The van der Waals surface area contributed by atoms with E-state index < -0.39 is 0 Å². The average molecular weight is 621 g/mol. The number of ether oxygens (including phenoxy) is 1. The molecule has 230 valence electrons. The van der Waals surface area contributed by atoms with Crippen LogP contribution in [0.1, 0.15) is 25.0 Å². The minimum Gasteiger partial charge on any atom is -0.457 e. The van der Waals surface area contributed by atoms with Gasteiger partial charge in [-0.3, -0.25) is 9.88 Å². The Hall–Kier alpha value is -6.20. The van der Waals surface area contributed by atoms with E-state index in [1.54, 1.807) is 0 Å². The Kier molecular flexibility index (Phi) is 6.40. The van der Waals surface area contributed by atoms with Crippen molar-refractivity contribution in [3.8, 4) is 28.4 Å². The summed E-state index contributed by atoms with van der Waals surface area (Å²) in [5, 5.41) is 2.40. The molecule has 0 bridgehead atoms. The molecular formula is C43H32N4O. The van der Waals surface area contributed by atoms with Gasteiger partial charge in [-0.2, -0.15) is 0 Å². The molecule has 8 aromatic rings. The zero-order chi connectivity index (χ0) is 32.2. The van der Waals surface area contributed by atoms with Crippen LogP contribution >= 0.6 is 0 Å². The fraction of sp³-hybridized carbons (Fsp3) is 0.0698. The zero-order valence-corrected chi connectivity index (χ0v) is 26.7. The van der Waals surface area contributed by atoms with E-state index in [-0.39, 0.29) is 5.41 Å². The van der Waals surface area contributed by atoms with Crippen molar-refractivity contribution in [2.24, 2.45) is 0 Å². The lowest BCUT2D eigenvalue weighted by atomic mass is 9.74. The Morgan fingerprint density at radius 1 is 0.562 bits per heavy atom. The topological polar surface area (TPSA) is 43.2 Å². The van der Waals surface area contributed by atoms with Gasteiger partial charge in [0.1, 0.15) is 17.3 Å². The SMILES string of the molecule is CC1(C)c2cccnc2N(c2cccc(Oc3cccc(-c4ccccn4)c3)c2)c2c1ccc1c2c2ccccc2n1-c1ccccc1. The van der Waals surface area contributed by atoms with Crippen molar-refractivity contribution < 1.29 is 4.74 Å². The second-order valence-corrected chi connectivity index (χ2v) is 12.7. The van der Waals surface area contributed by atoms with E-state index in [1.807, 2.05) is 60.9 Å². The summed E-state index contributed by atoms with van der Waals surface area (Å²) in [4.78, 5) is 11.9. The van der Waals surface area contributed by atoms with Gasteiger partial charge in [0.2, 0.25) is 0 Å². The van der Waals surface area contributed by atoms with E-state index in [0.29, 0.717) is 0 Å². The standard InChI is InChI=1S/C43H32N4O/c1-43(2)35-23-24-39-40(34-19-6-7-22-38(34)46(39)30-14-4-3-5-15-30)41(35)47(42-36(43)20-12-26-45-42)31-16-11-18-33(28-31)48-32-17-10-13-29(27-32)37-21-8-9-25-44-37/h3-28H,1-2H3. The summed E-state index contributed by atoms with van der Waals surface area (Å²) in [6.45, 7) is 4.61. The van der Waals surface area contributed by atoms with E-state index in [4.69, 9.17) is 9.72 Å². The lowest BCUT2D eigenvalue weighted by Crippen LogP contribution is -2.31. The molecule has 0 radical (unpaired) electrons. The predicted molar refractivity (Wildman–Crippen MR) is 195 cm³/mol. The molecule has 9 rings (SSSR count). The summed E-state index contributed by atoms with van der Waals surface area (Å²) >= 11 is 0. The number of pyridine rings is 2. The second kappa shape index (κ2) is 11.0. The van der Waals surface area contributed by atoms with Crippen molar-refractivity contribution in [3.05, 3.63) is 169 Å². The number of hydrogen-bond donors (Lipinski definition) is 0. The number of fused-ring (bicyclic) bond motifs is 6. The summed E-state index contributed by atoms with van der Waals surface area (Å²) in [5.74, 6) is 2.42. The zero-order valence-electron chi connectivity index (χ0n) is 26.7. The number of rotatable bonds is 5. The van der Waals surface area contributed by atoms with Crippen LogP contribution in [0, 0.1) is 0 Å². The van der Waals surface area contributed by atoms with Gasteiger partial charge in [-0.1, -0.05) is 86.6 Å². The maximum absolute atomic E-state index is 6.53. The molecule has 0 N–H and O–H groups in total. The van der Waals surface area contributed by atoms with Gasteiger partial charge < -0.3 is 9.30 Å². The average Bonchev–Trinajstić information content (AvgIpc) is 3.47. The number of anilines is 3. The van der Waals surface area contributed by atoms with E-state index in [2.05, 4.69) is 125 Å². The van der Waals surface area contributed by atoms with E-state index in [0.717, 1.165) is 51.2 Å². The quantitative estimate of drug-likeness (QED) is 0.192. The van der Waals surface area contributed by atoms with E-state index >= 15 is 0 Å². The number of hydrogen-bond acceptors (Lipinski definition) is 4. The fourth-order valence-electron chi connectivity index (χ4n) is 7.27. The first kappa shape index (κ1) is 28.1. The summed E-state index contributed by atoms with van der Waals surface area (Å²) in [5.41, 5.74) is 9.64. The molecule has 5 aromatic carbocycles. The van der Waals surface area contributed by atoms with Gasteiger partial charge in [-0.15, -0.1) is 0 Å². The Morgan fingerprint density at radius 2 is 1.31 bits per heavy atom. The van der Waals surface area contributed by atoms with Crippen molar-refractivity contribution in [2.75, 3.05) is 4.90 Å². The van der Waals surface area contributed by atoms with Crippen molar-refractivity contribution >= 4 is 39.0 Å². The van der Waals surface area contributed by atoms with Crippen LogP contribution in [0.4, 0.5) is 17.2 Å². The monoisotopic (exact) mass is 620 g/mol. The molecule has 0 amide bonds. The number of nitrogens with zero attached hydrogens (tertiary/aromatic N) is 4. The smallest absolute Gasteiger partial charge is 0.141 e. The normalized spacial score (nSPS) is 13.3. The summed E-state index contributed by atoms with van der Waals surface area (Å²) in [7, 11) is 0. The van der Waals surface area contributed by atoms with Gasteiger partial charge in [0.05, 0.1) is 28.1 Å². The Bertz CT molecular complexity index is 2470. The minimum atomic E-state index is -0.278. The predicted octanol–water partition coefficient (Wildman–Crippen LogP) is 11.1. The molecule has 0 spiro atoms. The molecular weight excluding hydrogens is 589 g/mol. The first-order chi connectivity index (χ1) is 23.6. The van der Waals surface area contributed by atoms with Crippen LogP contribution in [-0.2, 0) is 5.41 Å². The van der Waals surface area contributed by atoms with Gasteiger partial charge in [-0.05, 0) is 72.3 Å². The van der Waals surface area contributed by atoms with Crippen molar-refractivity contribution in [2.45, 2.75) is 19.3 Å². The Morgan fingerprint density at radius 3 is 2.17 bits per heavy atom. The van der Waals surface area contributed by atoms with Crippen LogP contribution in [0.5, 0.6) is 11.5 Å². The number of aromatic nitrogens is 3. The van der Waals surface area contributed by atoms with Crippen LogP contribution in [0.3, 0.4) is 0 Å². The fourth-order valence-corrected chi connectivity index (χ4v) is 7.27. The van der Waals surface area contributed by atoms with Crippen molar-refractivity contribution in [1.82, 2.24) is 14.5 Å². The van der Waals surface area contributed by atoms with Gasteiger partial charge in [-0.25, -0.2) is 4.98 Å². The number of para-hydroxylation sites is 2. The van der Waals surface area contributed by atoms with Gasteiger partial charge in [0.25, 0.3) is 0 Å². The molecule has 5 heteroatoms. The Labute approximate surface area is 279 Å². The van der Waals surface area contributed by atoms with Crippen molar-refractivity contribution in [3.63, 3.8) is 0 Å². The third-order valence-electron chi connectivity index (χ3n) is 9.50. The molecule has 0 aliphatic carbocycles. The highest BCUT2D eigenvalue weighted by Crippen LogP contribution is 2.55. The third-order valence-corrected chi connectivity index (χ3v) is 9.50. The molecule has 0 saturated carbocycles. The molecule has 48 heavy (non-hydrogen) atoms. The van der Waals surface area contributed by atoms with Gasteiger partial charge in [0.15, 0.2) is 0 Å². The largest absolute Gasteiger partial charge is 0.457 e.